The minimum Gasteiger partial charge on any atom is -0.462 e. The first kappa shape index (κ1) is 21.9. The van der Waals surface area contributed by atoms with E-state index in [-0.39, 0.29) is 32.9 Å². The monoisotopic (exact) mass is 367 g/mol. The number of carbonyl (C=O) groups is 2. The fraction of sp³-hybridized carbons (Fsp3) is 0.579. The average molecular weight is 367 g/mol. The van der Waals surface area contributed by atoms with E-state index in [4.69, 9.17) is 19.3 Å². The third-order valence-electron chi connectivity index (χ3n) is 4.00. The van der Waals surface area contributed by atoms with Gasteiger partial charge in [0.25, 0.3) is 0 Å². The van der Waals surface area contributed by atoms with E-state index in [1.165, 1.54) is 4.90 Å². The highest BCUT2D eigenvalue weighted by molar-refractivity contribution is 5.79. The van der Waals surface area contributed by atoms with Crippen LogP contribution in [0.2, 0.25) is 0 Å². The first-order chi connectivity index (χ1) is 12.5. The summed E-state index contributed by atoms with van der Waals surface area (Å²) in [5.74, 6) is -0.483. The Balaban J connectivity index is 2.52. The summed E-state index contributed by atoms with van der Waals surface area (Å²) in [6.07, 6.45) is -0.0899. The van der Waals surface area contributed by atoms with Gasteiger partial charge in [0.15, 0.2) is 5.60 Å². The number of esters is 1. The Morgan fingerprint density at radius 3 is 2.38 bits per heavy atom. The minimum absolute atomic E-state index is 0.00192. The van der Waals surface area contributed by atoms with Gasteiger partial charge in [-0.05, 0) is 25.8 Å². The van der Waals surface area contributed by atoms with Crippen LogP contribution in [0.15, 0.2) is 30.3 Å². The molecule has 26 heavy (non-hydrogen) atoms. The summed E-state index contributed by atoms with van der Waals surface area (Å²) in [5, 5.41) is 9.03. The lowest BCUT2D eigenvalue weighted by atomic mass is 10.0. The number of hydrogen-bond donors (Lipinski definition) is 1. The lowest BCUT2D eigenvalue weighted by molar-refractivity contribution is -0.173. The summed E-state index contributed by atoms with van der Waals surface area (Å²) in [6.45, 7) is 5.85. The van der Waals surface area contributed by atoms with Gasteiger partial charge in [-0.1, -0.05) is 37.3 Å². The molecule has 0 aromatic heterocycles. The molecule has 0 spiro atoms. The molecule has 146 valence electrons. The maximum absolute atomic E-state index is 12.4. The van der Waals surface area contributed by atoms with Crippen molar-refractivity contribution < 1.29 is 28.9 Å². The molecule has 1 aromatic carbocycles. The van der Waals surface area contributed by atoms with E-state index in [1.54, 1.807) is 13.8 Å². The van der Waals surface area contributed by atoms with E-state index in [9.17, 15) is 9.59 Å². The second kappa shape index (κ2) is 11.5. The van der Waals surface area contributed by atoms with Crippen LogP contribution in [0.25, 0.3) is 0 Å². The molecule has 7 heteroatoms. The summed E-state index contributed by atoms with van der Waals surface area (Å²) < 4.78 is 16.0. The third-order valence-corrected chi connectivity index (χ3v) is 4.00. The molecule has 0 fully saturated rings. The van der Waals surface area contributed by atoms with E-state index < -0.39 is 17.7 Å². The molecule has 0 heterocycles. The largest absolute Gasteiger partial charge is 0.462 e. The molecule has 1 aromatic rings. The standard InChI is InChI=1S/C19H29NO6/c1-4-19(3,26-15-16-9-7-6-8-10-16)17(22)25-14-12-20(11-13-21)18(23)24-5-2/h6-10,21H,4-5,11-15H2,1-3H3. The predicted octanol–water partition coefficient (Wildman–Crippen LogP) is 2.37. The normalized spacial score (nSPS) is 12.9. The van der Waals surface area contributed by atoms with Crippen LogP contribution in [-0.4, -0.2) is 60.6 Å². The Morgan fingerprint density at radius 1 is 1.12 bits per heavy atom. The van der Waals surface area contributed by atoms with Gasteiger partial charge in [-0.2, -0.15) is 0 Å². The second-order valence-corrected chi connectivity index (χ2v) is 5.90. The van der Waals surface area contributed by atoms with Crippen LogP contribution in [0, 0.1) is 0 Å². The van der Waals surface area contributed by atoms with Gasteiger partial charge in [-0.15, -0.1) is 0 Å². The molecule has 0 aliphatic carbocycles. The van der Waals surface area contributed by atoms with Crippen molar-refractivity contribution in [1.29, 1.82) is 0 Å². The fourth-order valence-electron chi connectivity index (χ4n) is 2.15. The highest BCUT2D eigenvalue weighted by Crippen LogP contribution is 2.19. The molecule has 1 unspecified atom stereocenters. The van der Waals surface area contributed by atoms with Crippen molar-refractivity contribution in [3.63, 3.8) is 0 Å². The van der Waals surface area contributed by atoms with Crippen molar-refractivity contribution in [3.05, 3.63) is 35.9 Å². The topological polar surface area (TPSA) is 85.3 Å². The Labute approximate surface area is 154 Å². The second-order valence-electron chi connectivity index (χ2n) is 5.90. The van der Waals surface area contributed by atoms with Crippen LogP contribution in [0.5, 0.6) is 0 Å². The van der Waals surface area contributed by atoms with Crippen LogP contribution in [0.3, 0.4) is 0 Å². The predicted molar refractivity (Wildman–Crippen MR) is 96.6 cm³/mol. The van der Waals surface area contributed by atoms with Gasteiger partial charge < -0.3 is 24.2 Å². The van der Waals surface area contributed by atoms with Crippen LogP contribution >= 0.6 is 0 Å². The van der Waals surface area contributed by atoms with Crippen molar-refractivity contribution >= 4 is 12.1 Å². The molecule has 0 saturated carbocycles. The summed E-state index contributed by atoms with van der Waals surface area (Å²) in [4.78, 5) is 25.5. The van der Waals surface area contributed by atoms with Gasteiger partial charge in [0.1, 0.15) is 6.61 Å². The average Bonchev–Trinajstić information content (AvgIpc) is 2.66. The molecule has 1 rings (SSSR count). The summed E-state index contributed by atoms with van der Waals surface area (Å²) >= 11 is 0. The van der Waals surface area contributed by atoms with E-state index in [1.807, 2.05) is 37.3 Å². The van der Waals surface area contributed by atoms with Crippen molar-refractivity contribution in [2.24, 2.45) is 0 Å². The lowest BCUT2D eigenvalue weighted by Crippen LogP contribution is -2.42. The smallest absolute Gasteiger partial charge is 0.409 e. The molecule has 0 aliphatic rings. The highest BCUT2D eigenvalue weighted by Gasteiger charge is 2.34. The molecule has 1 atom stereocenters. The molecular weight excluding hydrogens is 338 g/mol. The molecule has 7 nitrogen and oxygen atoms in total. The molecule has 1 amide bonds. The van der Waals surface area contributed by atoms with E-state index in [0.29, 0.717) is 13.0 Å². The summed E-state index contributed by atoms with van der Waals surface area (Å²) in [5.41, 5.74) is -0.0990. The van der Waals surface area contributed by atoms with Gasteiger partial charge in [-0.25, -0.2) is 9.59 Å². The Hall–Kier alpha value is -2.12. The molecular formula is C19H29NO6. The van der Waals surface area contributed by atoms with Crippen molar-refractivity contribution in [2.75, 3.05) is 32.9 Å². The SMILES string of the molecule is CCOC(=O)N(CCO)CCOC(=O)C(C)(CC)OCc1ccccc1. The number of aliphatic hydroxyl groups excluding tert-OH is 1. The Bertz CT molecular complexity index is 550. The van der Waals surface area contributed by atoms with Gasteiger partial charge in [0.2, 0.25) is 0 Å². The zero-order valence-electron chi connectivity index (χ0n) is 15.8. The van der Waals surface area contributed by atoms with E-state index in [2.05, 4.69) is 0 Å². The lowest BCUT2D eigenvalue weighted by Gasteiger charge is -2.27. The number of amides is 1. The number of ether oxygens (including phenoxy) is 3. The highest BCUT2D eigenvalue weighted by atomic mass is 16.6. The van der Waals surface area contributed by atoms with Crippen molar-refractivity contribution in [3.8, 4) is 0 Å². The van der Waals surface area contributed by atoms with Crippen LogP contribution < -0.4 is 0 Å². The van der Waals surface area contributed by atoms with Crippen LogP contribution in [-0.2, 0) is 25.6 Å². The molecule has 0 aliphatic heterocycles. The van der Waals surface area contributed by atoms with E-state index in [0.717, 1.165) is 5.56 Å². The minimum atomic E-state index is -1.07. The molecule has 0 radical (unpaired) electrons. The number of hydrogen-bond acceptors (Lipinski definition) is 6. The zero-order valence-corrected chi connectivity index (χ0v) is 15.8. The number of aliphatic hydroxyl groups is 1. The number of rotatable bonds is 11. The first-order valence-corrected chi connectivity index (χ1v) is 8.84. The van der Waals surface area contributed by atoms with E-state index >= 15 is 0 Å². The van der Waals surface area contributed by atoms with Crippen molar-refractivity contribution in [2.45, 2.75) is 39.4 Å². The van der Waals surface area contributed by atoms with Gasteiger partial charge in [0, 0.05) is 6.54 Å². The van der Waals surface area contributed by atoms with Gasteiger partial charge in [0.05, 0.1) is 26.4 Å². The van der Waals surface area contributed by atoms with Crippen LogP contribution in [0.1, 0.15) is 32.8 Å². The maximum atomic E-state index is 12.4. The summed E-state index contributed by atoms with van der Waals surface area (Å²) in [7, 11) is 0. The number of nitrogens with zero attached hydrogens (tertiary/aromatic N) is 1. The maximum Gasteiger partial charge on any atom is 0.409 e. The fourth-order valence-corrected chi connectivity index (χ4v) is 2.15. The summed E-state index contributed by atoms with van der Waals surface area (Å²) in [6, 6.07) is 9.58. The molecule has 0 bridgehead atoms. The first-order valence-electron chi connectivity index (χ1n) is 8.84. The quantitative estimate of drug-likeness (QED) is 0.605. The molecule has 0 saturated heterocycles. The van der Waals surface area contributed by atoms with Gasteiger partial charge in [-0.3, -0.25) is 0 Å². The third kappa shape index (κ3) is 7.01. The van der Waals surface area contributed by atoms with Crippen molar-refractivity contribution in [1.82, 2.24) is 4.90 Å². The van der Waals surface area contributed by atoms with Gasteiger partial charge >= 0.3 is 12.1 Å². The number of benzene rings is 1. The Morgan fingerprint density at radius 2 is 1.81 bits per heavy atom. The zero-order chi connectivity index (χ0) is 19.4. The number of carbonyl (C=O) groups excluding carboxylic acids is 2. The molecule has 1 N–H and O–H groups in total. The Kier molecular flexibility index (Phi) is 9.69. The van der Waals surface area contributed by atoms with Crippen LogP contribution in [0.4, 0.5) is 4.79 Å².